The van der Waals surface area contributed by atoms with Gasteiger partial charge in [-0.05, 0) is 44.2 Å². The van der Waals surface area contributed by atoms with Crippen LogP contribution in [-0.2, 0) is 17.8 Å². The number of carbonyl (C=O) groups excluding carboxylic acids is 1. The first kappa shape index (κ1) is 20.4. The summed E-state index contributed by atoms with van der Waals surface area (Å²) in [5, 5.41) is 6.89. The SMILES string of the molecule is COc1ccc(-c2noc(CCC(=O)NCc3ccccc3OC(C)C)n2)cc1. The summed E-state index contributed by atoms with van der Waals surface area (Å²) in [7, 11) is 1.61. The summed E-state index contributed by atoms with van der Waals surface area (Å²) in [5.74, 6) is 2.37. The Morgan fingerprint density at radius 1 is 1.14 bits per heavy atom. The molecule has 0 saturated heterocycles. The molecule has 0 aliphatic carbocycles. The van der Waals surface area contributed by atoms with Crippen molar-refractivity contribution in [1.82, 2.24) is 15.5 Å². The normalized spacial score (nSPS) is 10.8. The first-order valence-corrected chi connectivity index (χ1v) is 9.53. The van der Waals surface area contributed by atoms with Crippen LogP contribution in [-0.4, -0.2) is 29.3 Å². The van der Waals surface area contributed by atoms with Crippen LogP contribution in [0.2, 0.25) is 0 Å². The second kappa shape index (κ2) is 9.73. The van der Waals surface area contributed by atoms with E-state index in [1.54, 1.807) is 7.11 Å². The van der Waals surface area contributed by atoms with Gasteiger partial charge in [-0.2, -0.15) is 4.98 Å². The molecule has 0 unspecified atom stereocenters. The van der Waals surface area contributed by atoms with Crippen LogP contribution in [0.4, 0.5) is 0 Å². The standard InChI is InChI=1S/C22H25N3O4/c1-15(2)28-19-7-5-4-6-17(19)14-23-20(26)12-13-21-24-22(25-29-21)16-8-10-18(27-3)11-9-16/h4-11,15H,12-14H2,1-3H3,(H,23,26). The molecule has 1 amide bonds. The third kappa shape index (κ3) is 5.81. The first-order chi connectivity index (χ1) is 14.0. The molecule has 29 heavy (non-hydrogen) atoms. The van der Waals surface area contributed by atoms with Crippen LogP contribution < -0.4 is 14.8 Å². The summed E-state index contributed by atoms with van der Waals surface area (Å²) >= 11 is 0. The Morgan fingerprint density at radius 2 is 1.90 bits per heavy atom. The largest absolute Gasteiger partial charge is 0.497 e. The molecule has 3 rings (SSSR count). The average molecular weight is 395 g/mol. The number of hydrogen-bond donors (Lipinski definition) is 1. The Balaban J connectivity index is 1.51. The molecule has 7 heteroatoms. The number of hydrogen-bond acceptors (Lipinski definition) is 6. The molecule has 3 aromatic rings. The maximum Gasteiger partial charge on any atom is 0.227 e. The van der Waals surface area contributed by atoms with Crippen LogP contribution in [0.3, 0.4) is 0 Å². The fraction of sp³-hybridized carbons (Fsp3) is 0.318. The lowest BCUT2D eigenvalue weighted by molar-refractivity contribution is -0.121. The van der Waals surface area contributed by atoms with Gasteiger partial charge < -0.3 is 19.3 Å². The monoisotopic (exact) mass is 395 g/mol. The van der Waals surface area contributed by atoms with E-state index in [0.717, 1.165) is 22.6 Å². The number of methoxy groups -OCH3 is 1. The molecule has 7 nitrogen and oxygen atoms in total. The summed E-state index contributed by atoms with van der Waals surface area (Å²) in [4.78, 5) is 16.6. The van der Waals surface area contributed by atoms with E-state index in [-0.39, 0.29) is 18.4 Å². The van der Waals surface area contributed by atoms with Gasteiger partial charge in [-0.3, -0.25) is 4.79 Å². The Labute approximate surface area is 170 Å². The maximum atomic E-state index is 12.2. The van der Waals surface area contributed by atoms with E-state index in [0.29, 0.717) is 24.7 Å². The number of benzene rings is 2. The van der Waals surface area contributed by atoms with Crippen molar-refractivity contribution in [3.8, 4) is 22.9 Å². The van der Waals surface area contributed by atoms with E-state index < -0.39 is 0 Å². The van der Waals surface area contributed by atoms with Crippen LogP contribution in [0.5, 0.6) is 11.5 Å². The molecule has 1 N–H and O–H groups in total. The van der Waals surface area contributed by atoms with E-state index in [1.807, 2.05) is 62.4 Å². The highest BCUT2D eigenvalue weighted by atomic mass is 16.5. The number of nitrogens with one attached hydrogen (secondary N) is 1. The Morgan fingerprint density at radius 3 is 2.62 bits per heavy atom. The molecule has 2 aromatic carbocycles. The molecule has 0 aliphatic heterocycles. The van der Waals surface area contributed by atoms with Crippen molar-refractivity contribution in [2.45, 2.75) is 39.3 Å². The van der Waals surface area contributed by atoms with Gasteiger partial charge in [-0.1, -0.05) is 23.4 Å². The van der Waals surface area contributed by atoms with Crippen LogP contribution in [0, 0.1) is 0 Å². The molecule has 0 bridgehead atoms. The van der Waals surface area contributed by atoms with Gasteiger partial charge in [-0.25, -0.2) is 0 Å². The molecule has 1 heterocycles. The third-order valence-corrected chi connectivity index (χ3v) is 4.19. The highest BCUT2D eigenvalue weighted by molar-refractivity contribution is 5.76. The van der Waals surface area contributed by atoms with E-state index in [2.05, 4.69) is 15.5 Å². The van der Waals surface area contributed by atoms with Gasteiger partial charge in [0.25, 0.3) is 0 Å². The molecule has 0 saturated carbocycles. The minimum Gasteiger partial charge on any atom is -0.497 e. The second-order valence-electron chi connectivity index (χ2n) is 6.79. The summed E-state index contributed by atoms with van der Waals surface area (Å²) in [6.07, 6.45) is 0.709. The fourth-order valence-corrected chi connectivity index (χ4v) is 2.74. The van der Waals surface area contributed by atoms with Gasteiger partial charge in [0.1, 0.15) is 11.5 Å². The predicted molar refractivity (Wildman–Crippen MR) is 109 cm³/mol. The zero-order valence-corrected chi connectivity index (χ0v) is 16.8. The lowest BCUT2D eigenvalue weighted by atomic mass is 10.2. The number of carbonyl (C=O) groups is 1. The molecular weight excluding hydrogens is 370 g/mol. The topological polar surface area (TPSA) is 86.5 Å². The second-order valence-corrected chi connectivity index (χ2v) is 6.79. The molecule has 152 valence electrons. The maximum absolute atomic E-state index is 12.2. The van der Waals surface area contributed by atoms with Gasteiger partial charge in [0, 0.05) is 30.5 Å². The molecule has 0 atom stereocenters. The number of nitrogens with zero attached hydrogens (tertiary/aromatic N) is 2. The van der Waals surface area contributed by atoms with Crippen molar-refractivity contribution in [1.29, 1.82) is 0 Å². The van der Waals surface area contributed by atoms with Crippen molar-refractivity contribution in [2.24, 2.45) is 0 Å². The van der Waals surface area contributed by atoms with Crippen molar-refractivity contribution in [2.75, 3.05) is 7.11 Å². The minimum atomic E-state index is -0.0893. The highest BCUT2D eigenvalue weighted by Gasteiger charge is 2.12. The average Bonchev–Trinajstić information content (AvgIpc) is 3.20. The van der Waals surface area contributed by atoms with Gasteiger partial charge in [0.15, 0.2) is 0 Å². The zero-order chi connectivity index (χ0) is 20.6. The quantitative estimate of drug-likeness (QED) is 0.593. The zero-order valence-electron chi connectivity index (χ0n) is 16.8. The van der Waals surface area contributed by atoms with Crippen molar-refractivity contribution >= 4 is 5.91 Å². The number of para-hydroxylation sites is 1. The molecule has 0 radical (unpaired) electrons. The number of ether oxygens (including phenoxy) is 2. The van der Waals surface area contributed by atoms with Gasteiger partial charge in [0.2, 0.25) is 17.6 Å². The van der Waals surface area contributed by atoms with Gasteiger partial charge in [-0.15, -0.1) is 0 Å². The Hall–Kier alpha value is -3.35. The number of aryl methyl sites for hydroxylation is 1. The van der Waals surface area contributed by atoms with Crippen molar-refractivity contribution in [3.63, 3.8) is 0 Å². The summed E-state index contributed by atoms with van der Waals surface area (Å²) in [5.41, 5.74) is 1.76. The van der Waals surface area contributed by atoms with Gasteiger partial charge in [0.05, 0.1) is 13.2 Å². The number of aromatic nitrogens is 2. The van der Waals surface area contributed by atoms with Crippen LogP contribution in [0.15, 0.2) is 53.1 Å². The third-order valence-electron chi connectivity index (χ3n) is 4.19. The van der Waals surface area contributed by atoms with Crippen molar-refractivity contribution in [3.05, 3.63) is 60.0 Å². The van der Waals surface area contributed by atoms with E-state index in [1.165, 1.54) is 0 Å². The van der Waals surface area contributed by atoms with Crippen LogP contribution in [0.25, 0.3) is 11.4 Å². The Kier molecular flexibility index (Phi) is 6.84. The van der Waals surface area contributed by atoms with Crippen LogP contribution >= 0.6 is 0 Å². The predicted octanol–water partition coefficient (Wildman–Crippen LogP) is 3.78. The van der Waals surface area contributed by atoms with E-state index >= 15 is 0 Å². The molecular formula is C22H25N3O4. The summed E-state index contributed by atoms with van der Waals surface area (Å²) in [6.45, 7) is 4.35. The number of amides is 1. The summed E-state index contributed by atoms with van der Waals surface area (Å²) in [6, 6.07) is 15.1. The smallest absolute Gasteiger partial charge is 0.227 e. The number of rotatable bonds is 9. The molecule has 0 fully saturated rings. The summed E-state index contributed by atoms with van der Waals surface area (Å²) < 4.78 is 16.2. The molecule has 0 spiro atoms. The van der Waals surface area contributed by atoms with E-state index in [9.17, 15) is 4.79 Å². The van der Waals surface area contributed by atoms with E-state index in [4.69, 9.17) is 14.0 Å². The molecule has 1 aromatic heterocycles. The molecule has 0 aliphatic rings. The lowest BCUT2D eigenvalue weighted by Crippen LogP contribution is -2.23. The minimum absolute atomic E-state index is 0.0734. The van der Waals surface area contributed by atoms with Gasteiger partial charge >= 0.3 is 0 Å². The Bertz CT molecular complexity index is 935. The van der Waals surface area contributed by atoms with Crippen LogP contribution in [0.1, 0.15) is 31.7 Å². The fourth-order valence-electron chi connectivity index (χ4n) is 2.74. The highest BCUT2D eigenvalue weighted by Crippen LogP contribution is 2.21. The lowest BCUT2D eigenvalue weighted by Gasteiger charge is -2.14. The first-order valence-electron chi connectivity index (χ1n) is 9.53. The van der Waals surface area contributed by atoms with Crippen molar-refractivity contribution < 1.29 is 18.8 Å².